The first kappa shape index (κ1) is 20.3. The molecule has 0 aromatic heterocycles. The van der Waals surface area contributed by atoms with Crippen molar-refractivity contribution < 1.29 is 22.3 Å². The zero-order valence-electron chi connectivity index (χ0n) is 15.6. The predicted molar refractivity (Wildman–Crippen MR) is 109 cm³/mol. The highest BCUT2D eigenvalue weighted by Gasteiger charge is 2.27. The number of amides is 1. The van der Waals surface area contributed by atoms with Gasteiger partial charge < -0.3 is 10.1 Å². The maximum Gasteiger partial charge on any atom is 0.264 e. The number of halogens is 1. The van der Waals surface area contributed by atoms with Crippen LogP contribution in [0.15, 0.2) is 83.8 Å². The summed E-state index contributed by atoms with van der Waals surface area (Å²) in [6, 6.07) is 19.4. The topological polar surface area (TPSA) is 75.7 Å². The summed E-state index contributed by atoms with van der Waals surface area (Å²) in [5.74, 6) is -0.510. The van der Waals surface area contributed by atoms with Crippen LogP contribution in [0.5, 0.6) is 5.75 Å². The van der Waals surface area contributed by atoms with Crippen LogP contribution in [0.2, 0.25) is 0 Å². The Morgan fingerprint density at radius 1 is 1.00 bits per heavy atom. The molecule has 0 aliphatic carbocycles. The zero-order chi connectivity index (χ0) is 20.9. The fourth-order valence-corrected chi connectivity index (χ4v) is 4.12. The number of ether oxygens (including phenoxy) is 1. The third-order valence-electron chi connectivity index (χ3n) is 4.09. The number of rotatable bonds is 7. The first-order valence-corrected chi connectivity index (χ1v) is 10.1. The van der Waals surface area contributed by atoms with E-state index in [1.54, 1.807) is 42.5 Å². The first-order chi connectivity index (χ1) is 13.9. The van der Waals surface area contributed by atoms with Crippen LogP contribution in [-0.4, -0.2) is 28.0 Å². The van der Waals surface area contributed by atoms with E-state index < -0.39 is 28.3 Å². The summed E-state index contributed by atoms with van der Waals surface area (Å²) >= 11 is 0. The Kier molecular flexibility index (Phi) is 6.13. The number of anilines is 2. The predicted octanol–water partition coefficient (Wildman–Crippen LogP) is 3.67. The van der Waals surface area contributed by atoms with Crippen LogP contribution in [0, 0.1) is 5.82 Å². The van der Waals surface area contributed by atoms with Gasteiger partial charge in [0.15, 0.2) is 0 Å². The van der Waals surface area contributed by atoms with Gasteiger partial charge in [-0.15, -0.1) is 0 Å². The van der Waals surface area contributed by atoms with Crippen LogP contribution >= 0.6 is 0 Å². The molecule has 8 heteroatoms. The first-order valence-electron chi connectivity index (χ1n) is 8.67. The van der Waals surface area contributed by atoms with Crippen LogP contribution in [0.3, 0.4) is 0 Å². The zero-order valence-corrected chi connectivity index (χ0v) is 16.4. The number of nitrogens with one attached hydrogen (secondary N) is 1. The van der Waals surface area contributed by atoms with Crippen molar-refractivity contribution in [2.75, 3.05) is 23.3 Å². The molecule has 1 amide bonds. The fourth-order valence-electron chi connectivity index (χ4n) is 2.67. The summed E-state index contributed by atoms with van der Waals surface area (Å²) in [6.45, 7) is -0.486. The highest BCUT2D eigenvalue weighted by molar-refractivity contribution is 7.92. The van der Waals surface area contributed by atoms with Crippen molar-refractivity contribution in [3.8, 4) is 5.75 Å². The van der Waals surface area contributed by atoms with Gasteiger partial charge in [0.05, 0.1) is 17.7 Å². The van der Waals surface area contributed by atoms with E-state index in [4.69, 9.17) is 4.74 Å². The van der Waals surface area contributed by atoms with E-state index in [-0.39, 0.29) is 10.6 Å². The van der Waals surface area contributed by atoms with Crippen LogP contribution in [0.4, 0.5) is 15.8 Å². The molecule has 0 atom stereocenters. The second-order valence-electron chi connectivity index (χ2n) is 6.08. The van der Waals surface area contributed by atoms with Crippen molar-refractivity contribution in [3.63, 3.8) is 0 Å². The number of benzene rings is 3. The summed E-state index contributed by atoms with van der Waals surface area (Å²) in [7, 11) is -2.54. The maximum atomic E-state index is 13.3. The second-order valence-corrected chi connectivity index (χ2v) is 7.94. The Hall–Kier alpha value is -3.39. The van der Waals surface area contributed by atoms with Gasteiger partial charge in [0.25, 0.3) is 10.0 Å². The molecule has 0 fully saturated rings. The van der Waals surface area contributed by atoms with Crippen molar-refractivity contribution in [3.05, 3.63) is 84.7 Å². The minimum absolute atomic E-state index is 0.0264. The normalized spacial score (nSPS) is 11.0. The maximum absolute atomic E-state index is 13.3. The molecular weight excluding hydrogens is 395 g/mol. The lowest BCUT2D eigenvalue weighted by molar-refractivity contribution is -0.114. The number of sulfonamides is 1. The molecule has 0 spiro atoms. The molecule has 0 saturated heterocycles. The molecule has 150 valence electrons. The van der Waals surface area contributed by atoms with E-state index in [0.29, 0.717) is 11.4 Å². The van der Waals surface area contributed by atoms with Gasteiger partial charge in [-0.05, 0) is 48.5 Å². The third-order valence-corrected chi connectivity index (χ3v) is 5.87. The number of nitrogens with zero attached hydrogens (tertiary/aromatic N) is 1. The minimum atomic E-state index is -4.04. The molecule has 0 saturated carbocycles. The van der Waals surface area contributed by atoms with Gasteiger partial charge in [-0.2, -0.15) is 0 Å². The van der Waals surface area contributed by atoms with E-state index >= 15 is 0 Å². The molecule has 0 aliphatic rings. The lowest BCUT2D eigenvalue weighted by Crippen LogP contribution is -2.38. The number of hydrogen-bond acceptors (Lipinski definition) is 4. The van der Waals surface area contributed by atoms with Crippen molar-refractivity contribution in [1.82, 2.24) is 0 Å². The van der Waals surface area contributed by atoms with Gasteiger partial charge in [0, 0.05) is 11.8 Å². The average molecular weight is 414 g/mol. The Bertz CT molecular complexity index is 1090. The standard InChI is InChI=1S/C21H19FN2O4S/c1-28-19-7-5-6-17(14-19)23-21(25)15-24(18-12-10-16(22)11-13-18)29(26,27)20-8-3-2-4-9-20/h2-14H,15H2,1H3,(H,23,25). The van der Waals surface area contributed by atoms with Gasteiger partial charge >= 0.3 is 0 Å². The van der Waals surface area contributed by atoms with E-state index in [1.165, 1.54) is 31.4 Å². The summed E-state index contributed by atoms with van der Waals surface area (Å²) in [4.78, 5) is 12.6. The van der Waals surface area contributed by atoms with Gasteiger partial charge in [-0.25, -0.2) is 12.8 Å². The molecular formula is C21H19FN2O4S. The Morgan fingerprint density at radius 2 is 1.69 bits per heavy atom. The van der Waals surface area contributed by atoms with Crippen LogP contribution < -0.4 is 14.4 Å². The SMILES string of the molecule is COc1cccc(NC(=O)CN(c2ccc(F)cc2)S(=O)(=O)c2ccccc2)c1. The van der Waals surface area contributed by atoms with Crippen molar-refractivity contribution in [1.29, 1.82) is 0 Å². The molecule has 3 aromatic carbocycles. The number of methoxy groups -OCH3 is 1. The number of carbonyl (C=O) groups excluding carboxylic acids is 1. The van der Waals surface area contributed by atoms with Crippen molar-refractivity contribution >= 4 is 27.3 Å². The molecule has 0 bridgehead atoms. The van der Waals surface area contributed by atoms with Crippen LogP contribution in [0.25, 0.3) is 0 Å². The van der Waals surface area contributed by atoms with Gasteiger partial charge in [0.2, 0.25) is 5.91 Å². The van der Waals surface area contributed by atoms with E-state index in [2.05, 4.69) is 5.32 Å². The van der Waals surface area contributed by atoms with Crippen LogP contribution in [-0.2, 0) is 14.8 Å². The molecule has 0 unspecified atom stereocenters. The Morgan fingerprint density at radius 3 is 2.34 bits per heavy atom. The molecule has 6 nitrogen and oxygen atoms in total. The summed E-state index contributed by atoms with van der Waals surface area (Å²) in [5, 5.41) is 2.65. The smallest absolute Gasteiger partial charge is 0.264 e. The minimum Gasteiger partial charge on any atom is -0.497 e. The quantitative estimate of drug-likeness (QED) is 0.640. The Balaban J connectivity index is 1.91. The fraction of sp³-hybridized carbons (Fsp3) is 0.0952. The van der Waals surface area contributed by atoms with Crippen molar-refractivity contribution in [2.45, 2.75) is 4.90 Å². The molecule has 3 aromatic rings. The lowest BCUT2D eigenvalue weighted by Gasteiger charge is -2.24. The number of hydrogen-bond donors (Lipinski definition) is 1. The molecule has 0 radical (unpaired) electrons. The van der Waals surface area contributed by atoms with E-state index in [0.717, 1.165) is 16.4 Å². The van der Waals surface area contributed by atoms with Gasteiger partial charge in [-0.3, -0.25) is 9.10 Å². The third kappa shape index (κ3) is 4.91. The van der Waals surface area contributed by atoms with Crippen LogP contribution in [0.1, 0.15) is 0 Å². The summed E-state index contributed by atoms with van der Waals surface area (Å²) in [5.41, 5.74) is 0.640. The van der Waals surface area contributed by atoms with E-state index in [1.807, 2.05) is 0 Å². The monoisotopic (exact) mass is 414 g/mol. The largest absolute Gasteiger partial charge is 0.497 e. The van der Waals surface area contributed by atoms with E-state index in [9.17, 15) is 17.6 Å². The summed E-state index contributed by atoms with van der Waals surface area (Å²) in [6.07, 6.45) is 0. The molecule has 3 rings (SSSR count). The van der Waals surface area contributed by atoms with Gasteiger partial charge in [-0.1, -0.05) is 24.3 Å². The molecule has 0 heterocycles. The highest BCUT2D eigenvalue weighted by Crippen LogP contribution is 2.24. The van der Waals surface area contributed by atoms with Crippen molar-refractivity contribution in [2.24, 2.45) is 0 Å². The number of carbonyl (C=O) groups is 1. The molecule has 1 N–H and O–H groups in total. The average Bonchev–Trinajstić information content (AvgIpc) is 2.73. The van der Waals surface area contributed by atoms with Gasteiger partial charge in [0.1, 0.15) is 18.1 Å². The lowest BCUT2D eigenvalue weighted by atomic mass is 10.3. The molecule has 29 heavy (non-hydrogen) atoms. The highest BCUT2D eigenvalue weighted by atomic mass is 32.2. The molecule has 0 aliphatic heterocycles. The second kappa shape index (κ2) is 8.74. The Labute approximate surface area is 168 Å². The summed E-state index contributed by atoms with van der Waals surface area (Å²) < 4.78 is 45.7.